The van der Waals surface area contributed by atoms with Crippen LogP contribution in [0, 0.1) is 0 Å². The monoisotopic (exact) mass is 143 g/mol. The maximum absolute atomic E-state index is 10.8. The molecule has 0 bridgehead atoms. The van der Waals surface area contributed by atoms with E-state index in [2.05, 4.69) is 0 Å². The molecule has 1 aliphatic heterocycles. The molecule has 0 radical (unpaired) electrons. The van der Waals surface area contributed by atoms with E-state index in [4.69, 9.17) is 4.74 Å². The number of rotatable bonds is 0. The topological polar surface area (TPSA) is 29.5 Å². The molecule has 1 rings (SSSR count). The zero-order valence-corrected chi connectivity index (χ0v) is 6.46. The normalized spacial score (nSPS) is 26.6. The van der Waals surface area contributed by atoms with Crippen LogP contribution in [0.15, 0.2) is 0 Å². The van der Waals surface area contributed by atoms with Crippen molar-refractivity contribution < 1.29 is 9.53 Å². The summed E-state index contributed by atoms with van der Waals surface area (Å²) in [5.74, 6) is 0.148. The van der Waals surface area contributed by atoms with Crippen LogP contribution >= 0.6 is 0 Å². The number of carbonyl (C=O) groups is 1. The van der Waals surface area contributed by atoms with Crippen LogP contribution in [-0.2, 0) is 9.53 Å². The maximum Gasteiger partial charge on any atom is 0.219 e. The van der Waals surface area contributed by atoms with E-state index >= 15 is 0 Å². The fourth-order valence-corrected chi connectivity index (χ4v) is 1.10. The molecule has 0 N–H and O–H groups in total. The first-order chi connectivity index (χ1) is 4.70. The SMILES string of the molecule is CC(=O)N1CCO[C@H](C)C1. The van der Waals surface area contributed by atoms with Crippen molar-refractivity contribution in [1.29, 1.82) is 0 Å². The van der Waals surface area contributed by atoms with Crippen LogP contribution in [0.5, 0.6) is 0 Å². The third-order valence-corrected chi connectivity index (χ3v) is 1.69. The fourth-order valence-electron chi connectivity index (χ4n) is 1.10. The third kappa shape index (κ3) is 1.70. The predicted molar refractivity (Wildman–Crippen MR) is 37.7 cm³/mol. The molecule has 1 atom stereocenters. The molecule has 0 spiro atoms. The Hall–Kier alpha value is -0.570. The van der Waals surface area contributed by atoms with Gasteiger partial charge in [-0.3, -0.25) is 4.79 Å². The number of hydrogen-bond donors (Lipinski definition) is 0. The summed E-state index contributed by atoms with van der Waals surface area (Å²) in [6.07, 6.45) is 0.206. The van der Waals surface area contributed by atoms with E-state index in [1.165, 1.54) is 0 Å². The molecule has 1 amide bonds. The van der Waals surface area contributed by atoms with Crippen molar-refractivity contribution in [2.24, 2.45) is 0 Å². The van der Waals surface area contributed by atoms with Crippen LogP contribution in [0.2, 0.25) is 0 Å². The van der Waals surface area contributed by atoms with Gasteiger partial charge in [0.2, 0.25) is 5.91 Å². The summed E-state index contributed by atoms with van der Waals surface area (Å²) in [5.41, 5.74) is 0. The molecule has 1 fully saturated rings. The van der Waals surface area contributed by atoms with Crippen LogP contribution in [0.1, 0.15) is 13.8 Å². The zero-order valence-electron chi connectivity index (χ0n) is 6.46. The minimum atomic E-state index is 0.148. The molecule has 10 heavy (non-hydrogen) atoms. The molecule has 0 aromatic rings. The van der Waals surface area contributed by atoms with Crippen LogP contribution in [0.4, 0.5) is 0 Å². The molecular weight excluding hydrogens is 130 g/mol. The summed E-state index contributed by atoms with van der Waals surface area (Å²) in [6.45, 7) is 5.75. The van der Waals surface area contributed by atoms with Crippen molar-refractivity contribution in [3.8, 4) is 0 Å². The molecule has 0 saturated carbocycles. The van der Waals surface area contributed by atoms with Gasteiger partial charge in [0.15, 0.2) is 0 Å². The average molecular weight is 143 g/mol. The second kappa shape index (κ2) is 3.01. The lowest BCUT2D eigenvalue weighted by Gasteiger charge is -2.30. The summed E-state index contributed by atoms with van der Waals surface area (Å²) in [6, 6.07) is 0. The Labute approximate surface area is 61.0 Å². The molecular formula is C7H13NO2. The first-order valence-corrected chi connectivity index (χ1v) is 3.57. The molecule has 0 aromatic heterocycles. The Balaban J connectivity index is 2.39. The number of carbonyl (C=O) groups excluding carboxylic acids is 1. The lowest BCUT2D eigenvalue weighted by atomic mass is 10.3. The number of nitrogens with zero attached hydrogens (tertiary/aromatic N) is 1. The molecule has 0 aliphatic carbocycles. The summed E-state index contributed by atoms with van der Waals surface area (Å²) >= 11 is 0. The Bertz CT molecular complexity index is 136. The number of ether oxygens (including phenoxy) is 1. The van der Waals surface area contributed by atoms with E-state index < -0.39 is 0 Å². The minimum absolute atomic E-state index is 0.148. The molecule has 3 nitrogen and oxygen atoms in total. The lowest BCUT2D eigenvalue weighted by Crippen LogP contribution is -2.43. The lowest BCUT2D eigenvalue weighted by molar-refractivity contribution is -0.135. The second-order valence-electron chi connectivity index (χ2n) is 2.65. The summed E-state index contributed by atoms with van der Waals surface area (Å²) in [4.78, 5) is 12.6. The number of morpholine rings is 1. The quantitative estimate of drug-likeness (QED) is 0.486. The van der Waals surface area contributed by atoms with Crippen molar-refractivity contribution in [2.45, 2.75) is 20.0 Å². The predicted octanol–water partition coefficient (Wildman–Crippen LogP) is 0.254. The number of amides is 1. The highest BCUT2D eigenvalue weighted by atomic mass is 16.5. The summed E-state index contributed by atoms with van der Waals surface area (Å²) in [7, 11) is 0. The molecule has 1 heterocycles. The standard InChI is InChI=1S/C7H13NO2/c1-6-5-8(7(2)9)3-4-10-6/h6H,3-5H2,1-2H3/t6-/m1/s1. The Morgan fingerprint density at radius 1 is 1.70 bits per heavy atom. The minimum Gasteiger partial charge on any atom is -0.375 e. The molecule has 0 aromatic carbocycles. The van der Waals surface area contributed by atoms with Gasteiger partial charge in [-0.15, -0.1) is 0 Å². The largest absolute Gasteiger partial charge is 0.375 e. The van der Waals surface area contributed by atoms with Crippen molar-refractivity contribution in [2.75, 3.05) is 19.7 Å². The van der Waals surface area contributed by atoms with Crippen LogP contribution in [0.25, 0.3) is 0 Å². The van der Waals surface area contributed by atoms with Gasteiger partial charge in [-0.2, -0.15) is 0 Å². The number of hydrogen-bond acceptors (Lipinski definition) is 2. The zero-order chi connectivity index (χ0) is 7.56. The van der Waals surface area contributed by atoms with Gasteiger partial charge in [0, 0.05) is 20.0 Å². The van der Waals surface area contributed by atoms with E-state index in [1.54, 1.807) is 6.92 Å². The first-order valence-electron chi connectivity index (χ1n) is 3.57. The van der Waals surface area contributed by atoms with Gasteiger partial charge in [0.1, 0.15) is 0 Å². The van der Waals surface area contributed by atoms with E-state index in [0.717, 1.165) is 13.1 Å². The van der Waals surface area contributed by atoms with Gasteiger partial charge in [0.25, 0.3) is 0 Å². The summed E-state index contributed by atoms with van der Waals surface area (Å²) in [5, 5.41) is 0. The third-order valence-electron chi connectivity index (χ3n) is 1.69. The van der Waals surface area contributed by atoms with Crippen molar-refractivity contribution in [3.63, 3.8) is 0 Å². The smallest absolute Gasteiger partial charge is 0.219 e. The Morgan fingerprint density at radius 2 is 2.40 bits per heavy atom. The van der Waals surface area contributed by atoms with Crippen molar-refractivity contribution in [3.05, 3.63) is 0 Å². The summed E-state index contributed by atoms with van der Waals surface area (Å²) < 4.78 is 5.26. The van der Waals surface area contributed by atoms with Gasteiger partial charge in [0.05, 0.1) is 12.7 Å². The van der Waals surface area contributed by atoms with Gasteiger partial charge < -0.3 is 9.64 Å². The van der Waals surface area contributed by atoms with E-state index in [-0.39, 0.29) is 12.0 Å². The average Bonchev–Trinajstić information content (AvgIpc) is 1.88. The van der Waals surface area contributed by atoms with Crippen LogP contribution in [-0.4, -0.2) is 36.6 Å². The van der Waals surface area contributed by atoms with Gasteiger partial charge >= 0.3 is 0 Å². The van der Waals surface area contributed by atoms with Crippen LogP contribution in [0.3, 0.4) is 0 Å². The van der Waals surface area contributed by atoms with Crippen molar-refractivity contribution in [1.82, 2.24) is 4.90 Å². The second-order valence-corrected chi connectivity index (χ2v) is 2.65. The van der Waals surface area contributed by atoms with E-state index in [9.17, 15) is 4.79 Å². The van der Waals surface area contributed by atoms with Crippen LogP contribution < -0.4 is 0 Å². The highest BCUT2D eigenvalue weighted by molar-refractivity contribution is 5.73. The van der Waals surface area contributed by atoms with E-state index in [0.29, 0.717) is 6.61 Å². The van der Waals surface area contributed by atoms with Crippen molar-refractivity contribution >= 4 is 5.91 Å². The Kier molecular flexibility index (Phi) is 2.27. The molecule has 58 valence electrons. The van der Waals surface area contributed by atoms with Gasteiger partial charge in [-0.1, -0.05) is 0 Å². The molecule has 1 aliphatic rings. The maximum atomic E-state index is 10.8. The highest BCUT2D eigenvalue weighted by Gasteiger charge is 2.17. The fraction of sp³-hybridized carbons (Fsp3) is 0.857. The molecule has 1 saturated heterocycles. The molecule has 0 unspecified atom stereocenters. The van der Waals surface area contributed by atoms with Gasteiger partial charge in [-0.05, 0) is 6.92 Å². The molecule has 3 heteroatoms. The van der Waals surface area contributed by atoms with E-state index in [1.807, 2.05) is 11.8 Å². The van der Waals surface area contributed by atoms with Gasteiger partial charge in [-0.25, -0.2) is 0 Å². The Morgan fingerprint density at radius 3 is 2.80 bits per heavy atom. The highest BCUT2D eigenvalue weighted by Crippen LogP contribution is 2.03. The first kappa shape index (κ1) is 7.54.